The van der Waals surface area contributed by atoms with Crippen LogP contribution in [0.3, 0.4) is 0 Å². The lowest BCUT2D eigenvalue weighted by molar-refractivity contribution is -0.139. The van der Waals surface area contributed by atoms with Crippen LogP contribution in [-0.2, 0) is 26.2 Å². The van der Waals surface area contributed by atoms with Crippen molar-refractivity contribution in [3.63, 3.8) is 0 Å². The molecule has 0 spiro atoms. The van der Waals surface area contributed by atoms with Gasteiger partial charge >= 0.3 is 0 Å². The molecule has 9 heteroatoms. The fourth-order valence-electron chi connectivity index (χ4n) is 2.90. The lowest BCUT2D eigenvalue weighted by atomic mass is 10.1. The summed E-state index contributed by atoms with van der Waals surface area (Å²) in [6.45, 7) is 3.13. The summed E-state index contributed by atoms with van der Waals surface area (Å²) in [5.74, 6) is -1.45. The number of anilines is 1. The number of rotatable bonds is 8. The van der Waals surface area contributed by atoms with Crippen LogP contribution in [0, 0.1) is 12.7 Å². The number of carbonyl (C=O) groups is 2. The number of hydrogen-bond donors (Lipinski definition) is 1. The summed E-state index contributed by atoms with van der Waals surface area (Å²) in [5, 5.41) is 2.51. The number of carbonyl (C=O) groups excluding carboxylic acids is 2. The number of hydrogen-bond acceptors (Lipinski definition) is 4. The summed E-state index contributed by atoms with van der Waals surface area (Å²) in [6, 6.07) is 11.5. The van der Waals surface area contributed by atoms with E-state index in [1.807, 2.05) is 31.2 Å². The van der Waals surface area contributed by atoms with Gasteiger partial charge < -0.3 is 10.2 Å². The highest BCUT2D eigenvalue weighted by Crippen LogP contribution is 2.19. The SMILES string of the molecule is CNC(=O)[C@H](C)N(Cc1ccc(C)cc1)C(=O)CN(c1ccc(F)cc1)S(C)(=O)=O. The third kappa shape index (κ3) is 6.03. The Morgan fingerprint density at radius 1 is 1.07 bits per heavy atom. The van der Waals surface area contributed by atoms with E-state index in [-0.39, 0.29) is 18.1 Å². The summed E-state index contributed by atoms with van der Waals surface area (Å²) in [4.78, 5) is 26.7. The Morgan fingerprint density at radius 3 is 2.13 bits per heavy atom. The van der Waals surface area contributed by atoms with Crippen molar-refractivity contribution < 1.29 is 22.4 Å². The number of aryl methyl sites for hydroxylation is 1. The third-order valence-electron chi connectivity index (χ3n) is 4.68. The molecule has 0 aromatic heterocycles. The predicted octanol–water partition coefficient (Wildman–Crippen LogP) is 2.06. The maximum Gasteiger partial charge on any atom is 0.244 e. The van der Waals surface area contributed by atoms with Crippen molar-refractivity contribution in [1.29, 1.82) is 0 Å². The van der Waals surface area contributed by atoms with Crippen molar-refractivity contribution in [3.05, 3.63) is 65.5 Å². The molecule has 7 nitrogen and oxygen atoms in total. The van der Waals surface area contributed by atoms with Gasteiger partial charge in [-0.25, -0.2) is 12.8 Å². The molecule has 0 bridgehead atoms. The molecule has 0 aliphatic heterocycles. The molecule has 1 atom stereocenters. The molecule has 2 rings (SSSR count). The van der Waals surface area contributed by atoms with Gasteiger partial charge in [0.15, 0.2) is 0 Å². The van der Waals surface area contributed by atoms with Crippen LogP contribution in [0.2, 0.25) is 0 Å². The molecule has 0 aliphatic rings. The summed E-state index contributed by atoms with van der Waals surface area (Å²) in [5.41, 5.74) is 2.02. The van der Waals surface area contributed by atoms with Crippen molar-refractivity contribution in [1.82, 2.24) is 10.2 Å². The number of benzene rings is 2. The zero-order valence-corrected chi connectivity index (χ0v) is 18.2. The molecule has 0 saturated heterocycles. The largest absolute Gasteiger partial charge is 0.357 e. The molecule has 0 heterocycles. The molecular weight excluding hydrogens is 409 g/mol. The maximum atomic E-state index is 13.3. The first-order valence-corrected chi connectivity index (χ1v) is 11.2. The predicted molar refractivity (Wildman–Crippen MR) is 114 cm³/mol. The maximum absolute atomic E-state index is 13.3. The van der Waals surface area contributed by atoms with Gasteiger partial charge in [-0.2, -0.15) is 0 Å². The minimum absolute atomic E-state index is 0.134. The first-order chi connectivity index (χ1) is 14.0. The van der Waals surface area contributed by atoms with Crippen molar-refractivity contribution in [2.75, 3.05) is 24.2 Å². The van der Waals surface area contributed by atoms with E-state index in [9.17, 15) is 22.4 Å². The molecule has 0 aliphatic carbocycles. The second-order valence-electron chi connectivity index (χ2n) is 7.04. The number of likely N-dealkylation sites (N-methyl/N-ethyl adjacent to an activating group) is 1. The van der Waals surface area contributed by atoms with Gasteiger partial charge in [0, 0.05) is 13.6 Å². The van der Waals surface area contributed by atoms with Gasteiger partial charge in [-0.1, -0.05) is 29.8 Å². The van der Waals surface area contributed by atoms with Crippen molar-refractivity contribution >= 4 is 27.5 Å². The molecule has 0 fully saturated rings. The number of sulfonamides is 1. The first kappa shape index (κ1) is 23.3. The van der Waals surface area contributed by atoms with Crippen molar-refractivity contribution in [2.24, 2.45) is 0 Å². The Labute approximate surface area is 176 Å². The van der Waals surface area contributed by atoms with Crippen LogP contribution in [0.4, 0.5) is 10.1 Å². The average Bonchev–Trinajstić information content (AvgIpc) is 2.70. The Balaban J connectivity index is 2.35. The number of halogens is 1. The van der Waals surface area contributed by atoms with Gasteiger partial charge in [-0.05, 0) is 43.7 Å². The molecule has 0 radical (unpaired) electrons. The van der Waals surface area contributed by atoms with Crippen LogP contribution in [-0.4, -0.2) is 51.0 Å². The van der Waals surface area contributed by atoms with E-state index in [1.165, 1.54) is 24.1 Å². The van der Waals surface area contributed by atoms with Gasteiger partial charge in [-0.15, -0.1) is 0 Å². The summed E-state index contributed by atoms with van der Waals surface area (Å²) in [7, 11) is -2.36. The van der Waals surface area contributed by atoms with Gasteiger partial charge in [0.05, 0.1) is 11.9 Å². The molecule has 30 heavy (non-hydrogen) atoms. The van der Waals surface area contributed by atoms with E-state index in [0.29, 0.717) is 0 Å². The molecule has 2 aromatic rings. The third-order valence-corrected chi connectivity index (χ3v) is 5.82. The molecule has 162 valence electrons. The van der Waals surface area contributed by atoms with Crippen LogP contribution in [0.25, 0.3) is 0 Å². The first-order valence-electron chi connectivity index (χ1n) is 9.33. The summed E-state index contributed by atoms with van der Waals surface area (Å²) in [6.07, 6.45) is 0.968. The standard InChI is InChI=1S/C21H26FN3O4S/c1-15-5-7-17(8-6-15)13-24(16(2)21(27)23-3)20(26)14-25(30(4,28)29)19-11-9-18(22)10-12-19/h5-12,16H,13-14H2,1-4H3,(H,23,27)/t16-/m0/s1. The second-order valence-corrected chi connectivity index (χ2v) is 8.95. The van der Waals surface area contributed by atoms with Crippen molar-refractivity contribution in [3.8, 4) is 0 Å². The Bertz CT molecular complexity index is 992. The molecule has 2 aromatic carbocycles. The van der Waals surface area contributed by atoms with Gasteiger partial charge in [0.25, 0.3) is 0 Å². The molecule has 2 amide bonds. The van der Waals surface area contributed by atoms with Crippen molar-refractivity contribution in [2.45, 2.75) is 26.4 Å². The normalized spacial score (nSPS) is 12.2. The Kier molecular flexibility index (Phi) is 7.55. The van der Waals surface area contributed by atoms with Crippen LogP contribution in [0.1, 0.15) is 18.1 Å². The second kappa shape index (κ2) is 9.71. The zero-order chi connectivity index (χ0) is 22.5. The number of amides is 2. The van der Waals surface area contributed by atoms with Crippen LogP contribution in [0.15, 0.2) is 48.5 Å². The Hall–Kier alpha value is -2.94. The molecule has 1 N–H and O–H groups in total. The minimum atomic E-state index is -3.83. The minimum Gasteiger partial charge on any atom is -0.357 e. The zero-order valence-electron chi connectivity index (χ0n) is 17.4. The quantitative estimate of drug-likeness (QED) is 0.688. The van der Waals surface area contributed by atoms with Crippen LogP contribution >= 0.6 is 0 Å². The van der Waals surface area contributed by atoms with Gasteiger partial charge in [0.1, 0.15) is 18.4 Å². The highest BCUT2D eigenvalue weighted by atomic mass is 32.2. The monoisotopic (exact) mass is 435 g/mol. The fraction of sp³-hybridized carbons (Fsp3) is 0.333. The highest BCUT2D eigenvalue weighted by Gasteiger charge is 2.29. The van der Waals surface area contributed by atoms with Gasteiger partial charge in [-0.3, -0.25) is 13.9 Å². The topological polar surface area (TPSA) is 86.8 Å². The Morgan fingerprint density at radius 2 is 1.63 bits per heavy atom. The van der Waals surface area contributed by atoms with Gasteiger partial charge in [0.2, 0.25) is 21.8 Å². The molecule has 0 saturated carbocycles. The smallest absolute Gasteiger partial charge is 0.244 e. The van der Waals surface area contributed by atoms with E-state index in [1.54, 1.807) is 6.92 Å². The van der Waals surface area contributed by atoms with Crippen LogP contribution < -0.4 is 9.62 Å². The summed E-state index contributed by atoms with van der Waals surface area (Å²) < 4.78 is 38.8. The highest BCUT2D eigenvalue weighted by molar-refractivity contribution is 7.92. The van der Waals surface area contributed by atoms with E-state index >= 15 is 0 Å². The summed E-state index contributed by atoms with van der Waals surface area (Å²) >= 11 is 0. The van der Waals surface area contributed by atoms with E-state index < -0.39 is 34.3 Å². The fourth-order valence-corrected chi connectivity index (χ4v) is 3.75. The molecule has 0 unspecified atom stereocenters. The van der Waals surface area contributed by atoms with E-state index in [2.05, 4.69) is 5.32 Å². The number of nitrogens with zero attached hydrogens (tertiary/aromatic N) is 2. The lowest BCUT2D eigenvalue weighted by Gasteiger charge is -2.31. The lowest BCUT2D eigenvalue weighted by Crippen LogP contribution is -2.50. The van der Waals surface area contributed by atoms with E-state index in [0.717, 1.165) is 33.8 Å². The average molecular weight is 436 g/mol. The van der Waals surface area contributed by atoms with E-state index in [4.69, 9.17) is 0 Å². The molecular formula is C21H26FN3O4S. The van der Waals surface area contributed by atoms with Crippen LogP contribution in [0.5, 0.6) is 0 Å². The number of nitrogens with one attached hydrogen (secondary N) is 1.